The summed E-state index contributed by atoms with van der Waals surface area (Å²) in [6.45, 7) is 9.95. The van der Waals surface area contributed by atoms with E-state index < -0.39 is 35.4 Å². The minimum atomic E-state index is -1.29. The first-order valence-corrected chi connectivity index (χ1v) is 17.8. The zero-order valence-corrected chi connectivity index (χ0v) is 29.1. The number of aliphatic hydroxyl groups excluding tert-OH is 3. The third-order valence-corrected chi connectivity index (χ3v) is 10.4. The SMILES string of the molecule is C#CC(C)(C)N(CC)CCNC(=O)C1(NC(=O)CCCc2ccc(Cc3cc([C@@H]4O[C@H](SC)[C@@H](O)[C@H](O)[C@H]4O)ccc3C)cc2)CC1. The van der Waals surface area contributed by atoms with Crippen molar-refractivity contribution >= 4 is 23.6 Å². The number of carbonyl (C=O) groups excluding carboxylic acids is 2. The average molecular weight is 666 g/mol. The quantitative estimate of drug-likeness (QED) is 0.183. The molecule has 0 unspecified atom stereocenters. The number of terminal acetylenes is 1. The molecule has 1 aliphatic carbocycles. The number of benzene rings is 2. The normalized spacial score (nSPS) is 23.6. The third-order valence-electron chi connectivity index (χ3n) is 9.55. The lowest BCUT2D eigenvalue weighted by Gasteiger charge is -2.40. The van der Waals surface area contributed by atoms with Crippen LogP contribution in [-0.2, 0) is 27.2 Å². The van der Waals surface area contributed by atoms with Crippen molar-refractivity contribution < 1.29 is 29.6 Å². The monoisotopic (exact) mass is 665 g/mol. The highest BCUT2D eigenvalue weighted by molar-refractivity contribution is 7.99. The maximum absolute atomic E-state index is 12.9. The van der Waals surface area contributed by atoms with Gasteiger partial charge in [-0.15, -0.1) is 18.2 Å². The predicted octanol–water partition coefficient (Wildman–Crippen LogP) is 3.25. The van der Waals surface area contributed by atoms with Gasteiger partial charge in [0.2, 0.25) is 11.8 Å². The van der Waals surface area contributed by atoms with Gasteiger partial charge >= 0.3 is 0 Å². The molecule has 47 heavy (non-hydrogen) atoms. The van der Waals surface area contributed by atoms with Crippen molar-refractivity contribution in [2.45, 2.75) is 107 Å². The van der Waals surface area contributed by atoms with Crippen molar-refractivity contribution in [1.29, 1.82) is 0 Å². The van der Waals surface area contributed by atoms with Crippen LogP contribution in [0, 0.1) is 19.3 Å². The number of likely N-dealkylation sites (N-methyl/N-ethyl adjacent to an activating group) is 1. The van der Waals surface area contributed by atoms with Crippen LogP contribution in [0.5, 0.6) is 0 Å². The average Bonchev–Trinajstić information content (AvgIpc) is 3.84. The van der Waals surface area contributed by atoms with Crippen LogP contribution in [0.4, 0.5) is 0 Å². The summed E-state index contributed by atoms with van der Waals surface area (Å²) in [5.41, 5.74) is 3.41. The van der Waals surface area contributed by atoms with E-state index in [1.54, 1.807) is 6.26 Å². The number of thioether (sulfide) groups is 1. The van der Waals surface area contributed by atoms with Crippen LogP contribution >= 0.6 is 11.8 Å². The largest absolute Gasteiger partial charge is 0.387 e. The molecule has 2 fully saturated rings. The van der Waals surface area contributed by atoms with E-state index >= 15 is 0 Å². The van der Waals surface area contributed by atoms with Gasteiger partial charge in [-0.1, -0.05) is 55.3 Å². The number of ether oxygens (including phenoxy) is 1. The molecule has 1 saturated heterocycles. The van der Waals surface area contributed by atoms with Gasteiger partial charge in [-0.3, -0.25) is 14.5 Å². The Bertz CT molecular complexity index is 1420. The molecule has 1 aliphatic heterocycles. The van der Waals surface area contributed by atoms with Crippen molar-refractivity contribution in [2.75, 3.05) is 25.9 Å². The number of nitrogens with zero attached hydrogens (tertiary/aromatic N) is 1. The van der Waals surface area contributed by atoms with E-state index in [9.17, 15) is 24.9 Å². The summed E-state index contributed by atoms with van der Waals surface area (Å²) in [5.74, 6) is 2.56. The second-order valence-electron chi connectivity index (χ2n) is 13.3. The van der Waals surface area contributed by atoms with E-state index in [0.29, 0.717) is 45.2 Å². The van der Waals surface area contributed by atoms with Gasteiger partial charge in [0.1, 0.15) is 35.4 Å². The summed E-state index contributed by atoms with van der Waals surface area (Å²) in [4.78, 5) is 27.7. The number of carbonyl (C=O) groups is 2. The number of rotatable bonds is 15. The molecule has 5 atom stereocenters. The van der Waals surface area contributed by atoms with E-state index in [1.807, 2.05) is 45.9 Å². The molecule has 5 N–H and O–H groups in total. The summed E-state index contributed by atoms with van der Waals surface area (Å²) in [6, 6.07) is 14.2. The van der Waals surface area contributed by atoms with E-state index in [4.69, 9.17) is 11.2 Å². The van der Waals surface area contributed by atoms with Gasteiger partial charge < -0.3 is 30.7 Å². The number of nitrogens with one attached hydrogen (secondary N) is 2. The van der Waals surface area contributed by atoms with Gasteiger partial charge in [-0.05, 0) is 93.5 Å². The molecule has 2 aliphatic rings. The Morgan fingerprint density at radius 3 is 2.38 bits per heavy atom. The molecular weight excluding hydrogens is 614 g/mol. The van der Waals surface area contributed by atoms with Crippen LogP contribution in [0.3, 0.4) is 0 Å². The number of aliphatic hydroxyl groups is 3. The molecular formula is C37H51N3O6S. The first kappa shape index (κ1) is 36.9. The maximum Gasteiger partial charge on any atom is 0.245 e. The summed E-state index contributed by atoms with van der Waals surface area (Å²) >= 11 is 1.30. The molecule has 4 rings (SSSR count). The second-order valence-corrected chi connectivity index (χ2v) is 14.3. The van der Waals surface area contributed by atoms with Crippen LogP contribution in [0.1, 0.15) is 80.4 Å². The molecule has 1 heterocycles. The topological polar surface area (TPSA) is 131 Å². The van der Waals surface area contributed by atoms with Gasteiger partial charge in [0.25, 0.3) is 0 Å². The fourth-order valence-corrected chi connectivity index (χ4v) is 6.81. The lowest BCUT2D eigenvalue weighted by atomic mass is 9.91. The molecule has 2 aromatic carbocycles. The lowest BCUT2D eigenvalue weighted by molar-refractivity contribution is -0.200. The Morgan fingerprint density at radius 1 is 1.09 bits per heavy atom. The van der Waals surface area contributed by atoms with Gasteiger partial charge in [-0.25, -0.2) is 0 Å². The maximum atomic E-state index is 12.9. The molecule has 2 aromatic rings. The standard InChI is InChI=1S/C37H51N3O6S/c1-7-36(4,5)40(8-2)21-20-38-35(45)37(18-19-37)39-29(41)11-9-10-25-13-15-26(16-14-25)22-28-23-27(17-12-24(28)3)33-31(43)30(42)32(44)34(46-33)47-6/h1,12-17,23,30-34,42-44H,8-11,18-22H2,2-6H3,(H,38,45)(H,39,41)/t30-,31-,32+,33+,34-/m1/s1. The van der Waals surface area contributed by atoms with E-state index in [0.717, 1.165) is 40.8 Å². The Kier molecular flexibility index (Phi) is 12.6. The summed E-state index contributed by atoms with van der Waals surface area (Å²) in [7, 11) is 0. The highest BCUT2D eigenvalue weighted by Gasteiger charge is 2.51. The van der Waals surface area contributed by atoms with E-state index in [-0.39, 0.29) is 17.4 Å². The Hall–Kier alpha value is -2.91. The predicted molar refractivity (Wildman–Crippen MR) is 186 cm³/mol. The molecule has 0 radical (unpaired) electrons. The van der Waals surface area contributed by atoms with Crippen molar-refractivity contribution in [2.24, 2.45) is 0 Å². The first-order valence-electron chi connectivity index (χ1n) is 16.6. The Labute approximate surface area is 283 Å². The van der Waals surface area contributed by atoms with Gasteiger partial charge in [0, 0.05) is 19.5 Å². The van der Waals surface area contributed by atoms with Gasteiger partial charge in [0.05, 0.1) is 5.54 Å². The summed E-state index contributed by atoms with van der Waals surface area (Å²) in [6.07, 6.45) is 6.81. The summed E-state index contributed by atoms with van der Waals surface area (Å²) in [5, 5.41) is 37.2. The fourth-order valence-electron chi connectivity index (χ4n) is 6.13. The summed E-state index contributed by atoms with van der Waals surface area (Å²) < 4.78 is 5.96. The first-order chi connectivity index (χ1) is 22.3. The smallest absolute Gasteiger partial charge is 0.245 e. The molecule has 2 amide bonds. The van der Waals surface area contributed by atoms with Crippen molar-refractivity contribution in [3.05, 3.63) is 70.3 Å². The number of aryl methyl sites for hydroxylation is 2. The fraction of sp³-hybridized carbons (Fsp3) is 0.568. The molecule has 0 spiro atoms. The van der Waals surface area contributed by atoms with Gasteiger partial charge in [0.15, 0.2) is 0 Å². The molecule has 1 saturated carbocycles. The molecule has 0 bridgehead atoms. The van der Waals surface area contributed by atoms with Crippen LogP contribution in [-0.4, -0.2) is 92.7 Å². The van der Waals surface area contributed by atoms with Crippen LogP contribution in [0.2, 0.25) is 0 Å². The third kappa shape index (κ3) is 9.17. The Morgan fingerprint density at radius 2 is 1.77 bits per heavy atom. The second kappa shape index (κ2) is 16.0. The van der Waals surface area contributed by atoms with Crippen molar-refractivity contribution in [3.63, 3.8) is 0 Å². The zero-order valence-electron chi connectivity index (χ0n) is 28.3. The zero-order chi connectivity index (χ0) is 34.4. The van der Waals surface area contributed by atoms with Crippen LogP contribution in [0.25, 0.3) is 0 Å². The minimum Gasteiger partial charge on any atom is -0.387 e. The Balaban J connectivity index is 1.24. The van der Waals surface area contributed by atoms with Crippen LogP contribution < -0.4 is 10.6 Å². The highest BCUT2D eigenvalue weighted by atomic mass is 32.2. The molecule has 9 nitrogen and oxygen atoms in total. The lowest BCUT2D eigenvalue weighted by Crippen LogP contribution is -2.52. The molecule has 256 valence electrons. The van der Waals surface area contributed by atoms with Gasteiger partial charge in [-0.2, -0.15) is 0 Å². The van der Waals surface area contributed by atoms with Crippen molar-refractivity contribution in [1.82, 2.24) is 15.5 Å². The van der Waals surface area contributed by atoms with Crippen LogP contribution in [0.15, 0.2) is 42.5 Å². The molecule has 10 heteroatoms. The van der Waals surface area contributed by atoms with Crippen molar-refractivity contribution in [3.8, 4) is 12.3 Å². The van der Waals surface area contributed by atoms with E-state index in [2.05, 4.69) is 45.7 Å². The number of hydrogen-bond donors (Lipinski definition) is 5. The molecule has 0 aromatic heterocycles. The number of amides is 2. The minimum absolute atomic E-state index is 0.105. The number of hydrogen-bond acceptors (Lipinski definition) is 8. The highest BCUT2D eigenvalue weighted by Crippen LogP contribution is 2.37. The van der Waals surface area contributed by atoms with E-state index in [1.165, 1.54) is 11.8 Å².